The Labute approximate surface area is 125 Å². The van der Waals surface area contributed by atoms with E-state index < -0.39 is 5.97 Å². The molecule has 1 atom stereocenters. The number of carboxylic acids is 1. The first-order valence-electron chi connectivity index (χ1n) is 7.50. The number of nitrogens with zero attached hydrogens (tertiary/aromatic N) is 2. The minimum atomic E-state index is -1.11. The SMILES string of the molecule is CC(C)CC1CCCCN1C(=O)c1cccc(C(=O)O)n1. The molecular weight excluding hydrogens is 268 g/mol. The summed E-state index contributed by atoms with van der Waals surface area (Å²) in [5.74, 6) is -0.729. The van der Waals surface area contributed by atoms with E-state index in [-0.39, 0.29) is 23.3 Å². The van der Waals surface area contributed by atoms with Crippen LogP contribution in [-0.4, -0.2) is 39.5 Å². The normalized spacial score (nSPS) is 18.8. The van der Waals surface area contributed by atoms with Gasteiger partial charge in [-0.05, 0) is 43.7 Å². The molecule has 1 aromatic heterocycles. The van der Waals surface area contributed by atoms with Crippen LogP contribution in [0.4, 0.5) is 0 Å². The highest BCUT2D eigenvalue weighted by Gasteiger charge is 2.28. The van der Waals surface area contributed by atoms with Gasteiger partial charge in [0.2, 0.25) is 0 Å². The second-order valence-corrected chi connectivity index (χ2v) is 5.99. The molecule has 1 amide bonds. The van der Waals surface area contributed by atoms with Crippen molar-refractivity contribution in [2.75, 3.05) is 6.54 Å². The van der Waals surface area contributed by atoms with E-state index in [1.807, 2.05) is 4.90 Å². The van der Waals surface area contributed by atoms with Crippen LogP contribution in [-0.2, 0) is 0 Å². The highest BCUT2D eigenvalue weighted by atomic mass is 16.4. The van der Waals surface area contributed by atoms with E-state index in [4.69, 9.17) is 5.11 Å². The molecule has 1 N–H and O–H groups in total. The van der Waals surface area contributed by atoms with Crippen LogP contribution in [0, 0.1) is 5.92 Å². The van der Waals surface area contributed by atoms with E-state index in [1.165, 1.54) is 6.07 Å². The van der Waals surface area contributed by atoms with Crippen LogP contribution in [0.25, 0.3) is 0 Å². The molecule has 5 nitrogen and oxygen atoms in total. The van der Waals surface area contributed by atoms with Crippen LogP contribution in [0.1, 0.15) is 60.5 Å². The maximum Gasteiger partial charge on any atom is 0.354 e. The third kappa shape index (κ3) is 3.80. The fraction of sp³-hybridized carbons (Fsp3) is 0.562. The summed E-state index contributed by atoms with van der Waals surface area (Å²) in [6, 6.07) is 4.81. The fourth-order valence-electron chi connectivity index (χ4n) is 2.88. The molecular formula is C16H22N2O3. The molecule has 114 valence electrons. The van der Waals surface area contributed by atoms with Gasteiger partial charge in [-0.3, -0.25) is 4.79 Å². The van der Waals surface area contributed by atoms with Crippen molar-refractivity contribution in [3.8, 4) is 0 Å². The van der Waals surface area contributed by atoms with Crippen LogP contribution in [0.5, 0.6) is 0 Å². The highest BCUT2D eigenvalue weighted by molar-refractivity contribution is 5.94. The Morgan fingerprint density at radius 1 is 1.33 bits per heavy atom. The largest absolute Gasteiger partial charge is 0.477 e. The molecule has 1 unspecified atom stereocenters. The number of likely N-dealkylation sites (tertiary alicyclic amines) is 1. The average Bonchev–Trinajstić information content (AvgIpc) is 2.46. The van der Waals surface area contributed by atoms with Crippen LogP contribution in [0.15, 0.2) is 18.2 Å². The Morgan fingerprint density at radius 3 is 2.71 bits per heavy atom. The van der Waals surface area contributed by atoms with Crippen molar-refractivity contribution in [2.45, 2.75) is 45.6 Å². The molecule has 0 radical (unpaired) electrons. The Hall–Kier alpha value is -1.91. The van der Waals surface area contributed by atoms with Crippen LogP contribution in [0.2, 0.25) is 0 Å². The molecule has 1 aromatic rings. The van der Waals surface area contributed by atoms with Crippen molar-refractivity contribution >= 4 is 11.9 Å². The van der Waals surface area contributed by atoms with Crippen molar-refractivity contribution in [1.82, 2.24) is 9.88 Å². The van der Waals surface area contributed by atoms with E-state index >= 15 is 0 Å². The molecule has 5 heteroatoms. The van der Waals surface area contributed by atoms with Gasteiger partial charge < -0.3 is 10.0 Å². The van der Waals surface area contributed by atoms with Crippen molar-refractivity contribution in [3.63, 3.8) is 0 Å². The fourth-order valence-corrected chi connectivity index (χ4v) is 2.88. The van der Waals surface area contributed by atoms with Gasteiger partial charge in [-0.2, -0.15) is 0 Å². The van der Waals surface area contributed by atoms with Gasteiger partial charge in [-0.15, -0.1) is 0 Å². The molecule has 0 spiro atoms. The zero-order valence-electron chi connectivity index (χ0n) is 12.6. The Kier molecular flexibility index (Phi) is 4.94. The second kappa shape index (κ2) is 6.70. The molecule has 0 bridgehead atoms. The Bertz CT molecular complexity index is 528. The number of carbonyl (C=O) groups is 2. The number of hydrogen-bond acceptors (Lipinski definition) is 3. The predicted octanol–water partition coefficient (Wildman–Crippen LogP) is 2.82. The molecule has 1 fully saturated rings. The summed E-state index contributed by atoms with van der Waals surface area (Å²) in [6.45, 7) is 5.04. The van der Waals surface area contributed by atoms with Gasteiger partial charge in [0.25, 0.3) is 5.91 Å². The lowest BCUT2D eigenvalue weighted by atomic mass is 9.93. The van der Waals surface area contributed by atoms with E-state index in [9.17, 15) is 9.59 Å². The molecule has 0 aliphatic carbocycles. The molecule has 1 aliphatic heterocycles. The number of carbonyl (C=O) groups excluding carboxylic acids is 1. The van der Waals surface area contributed by atoms with Crippen LogP contribution >= 0.6 is 0 Å². The zero-order valence-corrected chi connectivity index (χ0v) is 12.6. The van der Waals surface area contributed by atoms with E-state index in [0.29, 0.717) is 5.92 Å². The number of carboxylic acid groups (broad SMARTS) is 1. The molecule has 1 saturated heterocycles. The smallest absolute Gasteiger partial charge is 0.354 e. The van der Waals surface area contributed by atoms with Gasteiger partial charge in [0.05, 0.1) is 0 Å². The number of hydrogen-bond donors (Lipinski definition) is 1. The monoisotopic (exact) mass is 290 g/mol. The summed E-state index contributed by atoms with van der Waals surface area (Å²) in [5, 5.41) is 8.98. The molecule has 0 saturated carbocycles. The maximum absolute atomic E-state index is 12.6. The predicted molar refractivity (Wildman–Crippen MR) is 79.3 cm³/mol. The third-order valence-corrected chi connectivity index (χ3v) is 3.82. The van der Waals surface area contributed by atoms with Crippen LogP contribution < -0.4 is 0 Å². The summed E-state index contributed by atoms with van der Waals surface area (Å²) in [6.07, 6.45) is 4.13. The van der Waals surface area contributed by atoms with Gasteiger partial charge in [0.1, 0.15) is 11.4 Å². The maximum atomic E-state index is 12.6. The number of rotatable bonds is 4. The van der Waals surface area contributed by atoms with Gasteiger partial charge in [-0.25, -0.2) is 9.78 Å². The topological polar surface area (TPSA) is 70.5 Å². The van der Waals surface area contributed by atoms with Crippen molar-refractivity contribution in [2.24, 2.45) is 5.92 Å². The molecule has 1 aliphatic rings. The number of piperidine rings is 1. The first-order chi connectivity index (χ1) is 9.99. The van der Waals surface area contributed by atoms with Crippen molar-refractivity contribution < 1.29 is 14.7 Å². The van der Waals surface area contributed by atoms with E-state index in [2.05, 4.69) is 18.8 Å². The number of amides is 1. The number of aromatic nitrogens is 1. The standard InChI is InChI=1S/C16H22N2O3/c1-11(2)10-12-6-3-4-9-18(12)15(19)13-7-5-8-14(17-13)16(20)21/h5,7-8,11-12H,3-4,6,9-10H2,1-2H3,(H,20,21). The van der Waals surface area contributed by atoms with Crippen LogP contribution in [0.3, 0.4) is 0 Å². The molecule has 2 heterocycles. The van der Waals surface area contributed by atoms with E-state index in [1.54, 1.807) is 12.1 Å². The molecule has 21 heavy (non-hydrogen) atoms. The minimum Gasteiger partial charge on any atom is -0.477 e. The van der Waals surface area contributed by atoms with Gasteiger partial charge in [-0.1, -0.05) is 19.9 Å². The van der Waals surface area contributed by atoms with Crippen molar-refractivity contribution in [3.05, 3.63) is 29.6 Å². The highest BCUT2D eigenvalue weighted by Crippen LogP contribution is 2.24. The summed E-state index contributed by atoms with van der Waals surface area (Å²) < 4.78 is 0. The third-order valence-electron chi connectivity index (χ3n) is 3.82. The Balaban J connectivity index is 2.20. The summed E-state index contributed by atoms with van der Waals surface area (Å²) in [4.78, 5) is 29.5. The van der Waals surface area contributed by atoms with Gasteiger partial charge in [0.15, 0.2) is 0 Å². The van der Waals surface area contributed by atoms with Gasteiger partial charge >= 0.3 is 5.97 Å². The number of pyridine rings is 1. The number of aromatic carboxylic acids is 1. The lowest BCUT2D eigenvalue weighted by Gasteiger charge is -2.36. The summed E-state index contributed by atoms with van der Waals surface area (Å²) in [5.41, 5.74) is 0.142. The van der Waals surface area contributed by atoms with Crippen molar-refractivity contribution in [1.29, 1.82) is 0 Å². The quantitative estimate of drug-likeness (QED) is 0.925. The minimum absolute atomic E-state index is 0.0849. The lowest BCUT2D eigenvalue weighted by Crippen LogP contribution is -2.44. The first kappa shape index (κ1) is 15.5. The Morgan fingerprint density at radius 2 is 2.05 bits per heavy atom. The lowest BCUT2D eigenvalue weighted by molar-refractivity contribution is 0.0578. The zero-order chi connectivity index (χ0) is 15.4. The second-order valence-electron chi connectivity index (χ2n) is 5.99. The average molecular weight is 290 g/mol. The van der Waals surface area contributed by atoms with E-state index in [0.717, 1.165) is 32.2 Å². The first-order valence-corrected chi connectivity index (χ1v) is 7.50. The summed E-state index contributed by atoms with van der Waals surface area (Å²) in [7, 11) is 0. The van der Waals surface area contributed by atoms with Gasteiger partial charge in [0, 0.05) is 12.6 Å². The summed E-state index contributed by atoms with van der Waals surface area (Å²) >= 11 is 0. The molecule has 2 rings (SSSR count). The molecule has 0 aromatic carbocycles.